The first-order valence-electron chi connectivity index (χ1n) is 9.75. The zero-order valence-corrected chi connectivity index (χ0v) is 16.6. The standard InChI is InChI=1S/C23H21N5O2/c1-14-5-2-3-6-16(14)20-17(13-24)22(25)28(18-7-4-8-19(29)21(18)20)27-23(30)15-9-11-26-12-10-15/h2-3,5-6,9-12,20H,4,7-8,25H2,1H3,(H,27,30). The molecule has 0 fully saturated rings. The molecular weight excluding hydrogens is 378 g/mol. The van der Waals surface area contributed by atoms with E-state index in [9.17, 15) is 14.9 Å². The van der Waals surface area contributed by atoms with Crippen molar-refractivity contribution in [3.05, 3.63) is 88.1 Å². The molecule has 0 spiro atoms. The average Bonchev–Trinajstić information content (AvgIpc) is 2.76. The van der Waals surface area contributed by atoms with Gasteiger partial charge in [0, 0.05) is 35.6 Å². The molecule has 1 aliphatic carbocycles. The number of nitrogens with two attached hydrogens (primary N) is 1. The molecule has 1 aromatic carbocycles. The molecule has 7 nitrogen and oxygen atoms in total. The number of aryl methyl sites for hydroxylation is 1. The fourth-order valence-electron chi connectivity index (χ4n) is 4.11. The van der Waals surface area contributed by atoms with Gasteiger partial charge >= 0.3 is 0 Å². The number of allylic oxidation sites excluding steroid dienone is 3. The number of carbonyl (C=O) groups is 2. The Kier molecular flexibility index (Phi) is 5.07. The Morgan fingerprint density at radius 3 is 2.67 bits per heavy atom. The maximum absolute atomic E-state index is 13.0. The van der Waals surface area contributed by atoms with Gasteiger partial charge in [-0.25, -0.2) is 5.01 Å². The highest BCUT2D eigenvalue weighted by atomic mass is 16.2. The van der Waals surface area contributed by atoms with E-state index in [-0.39, 0.29) is 17.2 Å². The van der Waals surface area contributed by atoms with E-state index in [1.807, 2.05) is 31.2 Å². The maximum atomic E-state index is 13.0. The van der Waals surface area contributed by atoms with Crippen LogP contribution in [0.4, 0.5) is 0 Å². The average molecular weight is 399 g/mol. The third-order valence-corrected chi connectivity index (χ3v) is 5.57. The van der Waals surface area contributed by atoms with E-state index in [1.165, 1.54) is 17.4 Å². The summed E-state index contributed by atoms with van der Waals surface area (Å²) < 4.78 is 0. The number of hydrogen-bond acceptors (Lipinski definition) is 6. The Labute approximate surface area is 174 Å². The number of Topliss-reactive ketones (excluding diaryl/α,β-unsaturated/α-hetero) is 1. The van der Waals surface area contributed by atoms with Crippen LogP contribution in [0.3, 0.4) is 0 Å². The van der Waals surface area contributed by atoms with Crippen molar-refractivity contribution >= 4 is 11.7 Å². The van der Waals surface area contributed by atoms with Crippen molar-refractivity contribution < 1.29 is 9.59 Å². The van der Waals surface area contributed by atoms with Gasteiger partial charge in [-0.3, -0.25) is 20.0 Å². The lowest BCUT2D eigenvalue weighted by Crippen LogP contribution is -2.48. The summed E-state index contributed by atoms with van der Waals surface area (Å²) in [4.78, 5) is 29.7. The van der Waals surface area contributed by atoms with Crippen molar-refractivity contribution in [2.45, 2.75) is 32.1 Å². The number of hydrogen-bond donors (Lipinski definition) is 2. The van der Waals surface area contributed by atoms with Crippen LogP contribution in [0.15, 0.2) is 71.5 Å². The molecule has 1 unspecified atom stereocenters. The van der Waals surface area contributed by atoms with Crippen molar-refractivity contribution in [1.29, 1.82) is 5.26 Å². The van der Waals surface area contributed by atoms with Crippen molar-refractivity contribution in [1.82, 2.24) is 15.4 Å². The molecule has 0 saturated carbocycles. The first-order chi connectivity index (χ1) is 14.5. The third-order valence-electron chi connectivity index (χ3n) is 5.57. The molecule has 4 rings (SSSR count). The van der Waals surface area contributed by atoms with Gasteiger partial charge in [-0.15, -0.1) is 0 Å². The largest absolute Gasteiger partial charge is 0.383 e. The second-order valence-corrected chi connectivity index (χ2v) is 7.35. The van der Waals surface area contributed by atoms with Crippen LogP contribution in [0.1, 0.15) is 46.7 Å². The number of ketones is 1. The monoisotopic (exact) mass is 399 g/mol. The van der Waals surface area contributed by atoms with Gasteiger partial charge in [0.2, 0.25) is 0 Å². The minimum absolute atomic E-state index is 0.0205. The number of nitrogens with one attached hydrogen (secondary N) is 1. The molecule has 2 heterocycles. The highest BCUT2D eigenvalue weighted by Gasteiger charge is 2.40. The van der Waals surface area contributed by atoms with Crippen molar-refractivity contribution in [2.24, 2.45) is 5.73 Å². The minimum atomic E-state index is -0.534. The second kappa shape index (κ2) is 7.84. The smallest absolute Gasteiger partial charge is 0.270 e. The number of nitriles is 1. The summed E-state index contributed by atoms with van der Waals surface area (Å²) in [7, 11) is 0. The lowest BCUT2D eigenvalue weighted by Gasteiger charge is -2.39. The molecule has 0 radical (unpaired) electrons. The number of carbonyl (C=O) groups excluding carboxylic acids is 2. The number of amides is 1. The van der Waals surface area contributed by atoms with Gasteiger partial charge < -0.3 is 5.73 Å². The fraction of sp³-hybridized carbons (Fsp3) is 0.217. The molecule has 30 heavy (non-hydrogen) atoms. The van der Waals surface area contributed by atoms with Crippen molar-refractivity contribution in [3.63, 3.8) is 0 Å². The fourth-order valence-corrected chi connectivity index (χ4v) is 4.11. The number of nitrogens with zero attached hydrogens (tertiary/aromatic N) is 3. The van der Waals surface area contributed by atoms with Crippen LogP contribution in [0, 0.1) is 18.3 Å². The van der Waals surface area contributed by atoms with Crippen LogP contribution >= 0.6 is 0 Å². The molecule has 1 atom stereocenters. The van der Waals surface area contributed by atoms with Crippen LogP contribution in [0.2, 0.25) is 0 Å². The van der Waals surface area contributed by atoms with Crippen LogP contribution in [-0.2, 0) is 4.79 Å². The summed E-state index contributed by atoms with van der Waals surface area (Å²) in [6, 6.07) is 13.0. The Morgan fingerprint density at radius 2 is 1.97 bits per heavy atom. The molecule has 3 N–H and O–H groups in total. The highest BCUT2D eigenvalue weighted by Crippen LogP contribution is 2.44. The van der Waals surface area contributed by atoms with Gasteiger partial charge in [-0.05, 0) is 43.0 Å². The van der Waals surface area contributed by atoms with Gasteiger partial charge in [0.25, 0.3) is 5.91 Å². The third kappa shape index (κ3) is 3.22. The van der Waals surface area contributed by atoms with Gasteiger partial charge in [-0.2, -0.15) is 5.26 Å². The van der Waals surface area contributed by atoms with Gasteiger partial charge in [-0.1, -0.05) is 24.3 Å². The van der Waals surface area contributed by atoms with Gasteiger partial charge in [0.15, 0.2) is 5.78 Å². The minimum Gasteiger partial charge on any atom is -0.383 e. The SMILES string of the molecule is Cc1ccccc1C1C(C#N)=C(N)N(NC(=O)c2ccncc2)C2=C1C(=O)CCC2. The van der Waals surface area contributed by atoms with Gasteiger partial charge in [0.05, 0.1) is 17.6 Å². The first-order valence-corrected chi connectivity index (χ1v) is 9.75. The van der Waals surface area contributed by atoms with Gasteiger partial charge in [0.1, 0.15) is 5.82 Å². The van der Waals surface area contributed by atoms with E-state index >= 15 is 0 Å². The predicted molar refractivity (Wildman–Crippen MR) is 110 cm³/mol. The molecule has 1 aromatic heterocycles. The van der Waals surface area contributed by atoms with Crippen LogP contribution in [0.25, 0.3) is 0 Å². The molecule has 7 heteroatoms. The topological polar surface area (TPSA) is 112 Å². The summed E-state index contributed by atoms with van der Waals surface area (Å²) in [6.45, 7) is 1.95. The quantitative estimate of drug-likeness (QED) is 0.821. The Balaban J connectivity index is 1.84. The van der Waals surface area contributed by atoms with Crippen LogP contribution < -0.4 is 11.2 Å². The molecular formula is C23H21N5O2. The van der Waals surface area contributed by atoms with E-state index in [4.69, 9.17) is 5.73 Å². The predicted octanol–water partition coefficient (Wildman–Crippen LogP) is 2.84. The summed E-state index contributed by atoms with van der Waals surface area (Å²) in [6.07, 6.45) is 4.70. The lowest BCUT2D eigenvalue weighted by molar-refractivity contribution is -0.116. The van der Waals surface area contributed by atoms with E-state index in [2.05, 4.69) is 16.5 Å². The molecule has 1 amide bonds. The molecule has 150 valence electrons. The zero-order valence-electron chi connectivity index (χ0n) is 16.6. The number of pyridine rings is 1. The van der Waals surface area contributed by atoms with E-state index < -0.39 is 11.8 Å². The first kappa shape index (κ1) is 19.4. The van der Waals surface area contributed by atoms with Crippen molar-refractivity contribution in [2.75, 3.05) is 0 Å². The summed E-state index contributed by atoms with van der Waals surface area (Å²) in [5, 5.41) is 11.4. The Bertz CT molecular complexity index is 1130. The molecule has 2 aromatic rings. The van der Waals surface area contributed by atoms with E-state index in [1.54, 1.807) is 12.1 Å². The number of aromatic nitrogens is 1. The van der Waals surface area contributed by atoms with Crippen LogP contribution in [0.5, 0.6) is 0 Å². The molecule has 2 aliphatic rings. The molecule has 0 bridgehead atoms. The second-order valence-electron chi connectivity index (χ2n) is 7.35. The number of rotatable bonds is 3. The summed E-state index contributed by atoms with van der Waals surface area (Å²) in [5.41, 5.74) is 12.9. The molecule has 1 aliphatic heterocycles. The van der Waals surface area contributed by atoms with E-state index in [0.29, 0.717) is 36.1 Å². The lowest BCUT2D eigenvalue weighted by atomic mass is 9.75. The van der Waals surface area contributed by atoms with E-state index in [0.717, 1.165) is 11.1 Å². The summed E-state index contributed by atoms with van der Waals surface area (Å²) >= 11 is 0. The maximum Gasteiger partial charge on any atom is 0.270 e. The Morgan fingerprint density at radius 1 is 1.23 bits per heavy atom. The van der Waals surface area contributed by atoms with Crippen LogP contribution in [-0.4, -0.2) is 21.7 Å². The molecule has 0 saturated heterocycles. The number of benzene rings is 1. The number of hydrazine groups is 1. The normalized spacial score (nSPS) is 18.7. The summed E-state index contributed by atoms with van der Waals surface area (Å²) in [5.74, 6) is -0.806. The zero-order chi connectivity index (χ0) is 21.3. The Hall–Kier alpha value is -3.92. The van der Waals surface area contributed by atoms with Crippen molar-refractivity contribution in [3.8, 4) is 6.07 Å². The highest BCUT2D eigenvalue weighted by molar-refractivity contribution is 6.00.